The molecule has 0 spiro atoms. The van der Waals surface area contributed by atoms with Crippen molar-refractivity contribution in [3.05, 3.63) is 11.8 Å². The molecule has 1 aliphatic heterocycles. The Morgan fingerprint density at radius 3 is 2.45 bits per heavy atom. The lowest BCUT2D eigenvalue weighted by Gasteiger charge is -2.36. The van der Waals surface area contributed by atoms with Crippen LogP contribution in [0.3, 0.4) is 0 Å². The van der Waals surface area contributed by atoms with Crippen molar-refractivity contribution in [1.82, 2.24) is 14.9 Å². The Morgan fingerprint density at radius 2 is 1.90 bits per heavy atom. The second kappa shape index (κ2) is 5.82. The van der Waals surface area contributed by atoms with E-state index in [9.17, 15) is 13.2 Å². The zero-order valence-corrected chi connectivity index (χ0v) is 11.5. The SMILES string of the molecule is CNc1ncc(C)c(N2CCN(CC(F)(F)F)CC2)n1. The molecular weight excluding hydrogens is 271 g/mol. The third-order valence-corrected chi connectivity index (χ3v) is 3.24. The topological polar surface area (TPSA) is 44.3 Å². The molecule has 1 aromatic heterocycles. The van der Waals surface area contributed by atoms with Gasteiger partial charge in [-0.1, -0.05) is 0 Å². The van der Waals surface area contributed by atoms with Crippen LogP contribution in [-0.2, 0) is 0 Å². The molecule has 1 aliphatic rings. The molecule has 8 heteroatoms. The van der Waals surface area contributed by atoms with Crippen LogP contribution in [0, 0.1) is 6.92 Å². The Kier molecular flexibility index (Phi) is 4.32. The van der Waals surface area contributed by atoms with Crippen LogP contribution in [0.2, 0.25) is 0 Å². The van der Waals surface area contributed by atoms with E-state index in [1.807, 2.05) is 11.8 Å². The molecule has 0 radical (unpaired) electrons. The van der Waals surface area contributed by atoms with Gasteiger partial charge in [0.1, 0.15) is 5.82 Å². The summed E-state index contributed by atoms with van der Waals surface area (Å²) in [5.74, 6) is 1.30. The van der Waals surface area contributed by atoms with Crippen molar-refractivity contribution >= 4 is 11.8 Å². The predicted molar refractivity (Wildman–Crippen MR) is 71.0 cm³/mol. The molecule has 0 aliphatic carbocycles. The summed E-state index contributed by atoms with van der Waals surface area (Å²) in [5.41, 5.74) is 0.924. The van der Waals surface area contributed by atoms with Crippen LogP contribution < -0.4 is 10.2 Å². The summed E-state index contributed by atoms with van der Waals surface area (Å²) in [6.45, 7) is 2.91. The van der Waals surface area contributed by atoms with Gasteiger partial charge in [0.05, 0.1) is 6.54 Å². The van der Waals surface area contributed by atoms with Gasteiger partial charge in [-0.25, -0.2) is 4.98 Å². The summed E-state index contributed by atoms with van der Waals surface area (Å²) in [4.78, 5) is 11.9. The van der Waals surface area contributed by atoms with Crippen LogP contribution in [0.25, 0.3) is 0 Å². The van der Waals surface area contributed by atoms with Crippen molar-refractivity contribution in [2.45, 2.75) is 13.1 Å². The van der Waals surface area contributed by atoms with Gasteiger partial charge >= 0.3 is 6.18 Å². The van der Waals surface area contributed by atoms with Gasteiger partial charge in [-0.2, -0.15) is 18.2 Å². The number of rotatable bonds is 3. The molecule has 2 heterocycles. The number of anilines is 2. The highest BCUT2D eigenvalue weighted by Crippen LogP contribution is 2.21. The van der Waals surface area contributed by atoms with Crippen LogP contribution in [0.1, 0.15) is 5.56 Å². The minimum absolute atomic E-state index is 0.387. The van der Waals surface area contributed by atoms with E-state index in [1.165, 1.54) is 4.90 Å². The van der Waals surface area contributed by atoms with Gasteiger partial charge < -0.3 is 10.2 Å². The fourth-order valence-electron chi connectivity index (χ4n) is 2.24. The van der Waals surface area contributed by atoms with Crippen molar-refractivity contribution in [3.8, 4) is 0 Å². The minimum atomic E-state index is -4.13. The highest BCUT2D eigenvalue weighted by molar-refractivity contribution is 5.49. The molecule has 5 nitrogen and oxygen atoms in total. The zero-order chi connectivity index (χ0) is 14.8. The first-order valence-corrected chi connectivity index (χ1v) is 6.44. The second-order valence-electron chi connectivity index (χ2n) is 4.83. The maximum Gasteiger partial charge on any atom is 0.401 e. The molecule has 20 heavy (non-hydrogen) atoms. The summed E-state index contributed by atoms with van der Waals surface area (Å²) >= 11 is 0. The molecule has 0 saturated carbocycles. The summed E-state index contributed by atoms with van der Waals surface area (Å²) < 4.78 is 37.0. The van der Waals surface area contributed by atoms with E-state index in [1.54, 1.807) is 13.2 Å². The first kappa shape index (κ1) is 14.8. The number of hydrogen-bond donors (Lipinski definition) is 1. The largest absolute Gasteiger partial charge is 0.401 e. The van der Waals surface area contributed by atoms with E-state index in [4.69, 9.17) is 0 Å². The lowest BCUT2D eigenvalue weighted by atomic mass is 10.2. The van der Waals surface area contributed by atoms with E-state index < -0.39 is 12.7 Å². The van der Waals surface area contributed by atoms with Crippen LogP contribution in [-0.4, -0.2) is 60.8 Å². The predicted octanol–water partition coefficient (Wildman–Crippen LogP) is 1.51. The first-order chi connectivity index (χ1) is 9.39. The number of halogens is 3. The second-order valence-corrected chi connectivity index (χ2v) is 4.83. The molecule has 112 valence electrons. The molecule has 1 aromatic rings. The maximum atomic E-state index is 12.3. The number of nitrogens with zero attached hydrogens (tertiary/aromatic N) is 4. The third kappa shape index (κ3) is 3.72. The highest BCUT2D eigenvalue weighted by Gasteiger charge is 2.32. The van der Waals surface area contributed by atoms with Crippen LogP contribution in [0.4, 0.5) is 24.9 Å². The monoisotopic (exact) mass is 289 g/mol. The Morgan fingerprint density at radius 1 is 1.25 bits per heavy atom. The van der Waals surface area contributed by atoms with Gasteiger partial charge in [-0.3, -0.25) is 4.90 Å². The van der Waals surface area contributed by atoms with Gasteiger partial charge in [0.15, 0.2) is 0 Å². The molecule has 2 rings (SSSR count). The molecule has 0 amide bonds. The number of aromatic nitrogens is 2. The molecule has 1 fully saturated rings. The Balaban J connectivity index is 2.00. The maximum absolute atomic E-state index is 12.3. The van der Waals surface area contributed by atoms with Crippen LogP contribution in [0.15, 0.2) is 6.20 Å². The van der Waals surface area contributed by atoms with Gasteiger partial charge in [0.25, 0.3) is 0 Å². The molecule has 0 unspecified atom stereocenters. The molecule has 1 saturated heterocycles. The summed E-state index contributed by atoms with van der Waals surface area (Å²) in [6, 6.07) is 0. The van der Waals surface area contributed by atoms with Crippen LogP contribution in [0.5, 0.6) is 0 Å². The van der Waals surface area contributed by atoms with E-state index in [2.05, 4.69) is 15.3 Å². The highest BCUT2D eigenvalue weighted by atomic mass is 19.4. The molecular formula is C12H18F3N5. The fraction of sp³-hybridized carbons (Fsp3) is 0.667. The van der Waals surface area contributed by atoms with Crippen molar-refractivity contribution in [2.24, 2.45) is 0 Å². The van der Waals surface area contributed by atoms with Crippen molar-refractivity contribution in [3.63, 3.8) is 0 Å². The van der Waals surface area contributed by atoms with Gasteiger partial charge in [0.2, 0.25) is 5.95 Å². The summed E-state index contributed by atoms with van der Waals surface area (Å²) in [6.07, 6.45) is -2.41. The van der Waals surface area contributed by atoms with E-state index in [0.29, 0.717) is 32.1 Å². The van der Waals surface area contributed by atoms with Crippen molar-refractivity contribution in [2.75, 3.05) is 50.0 Å². The Hall–Kier alpha value is -1.57. The Bertz CT molecular complexity index is 455. The van der Waals surface area contributed by atoms with E-state index >= 15 is 0 Å². The van der Waals surface area contributed by atoms with Gasteiger partial charge in [-0.05, 0) is 6.92 Å². The Labute approximate surface area is 115 Å². The zero-order valence-electron chi connectivity index (χ0n) is 11.5. The molecule has 0 bridgehead atoms. The molecule has 0 atom stereocenters. The van der Waals surface area contributed by atoms with E-state index in [-0.39, 0.29) is 0 Å². The summed E-state index contributed by atoms with van der Waals surface area (Å²) in [7, 11) is 1.73. The number of hydrogen-bond acceptors (Lipinski definition) is 5. The quantitative estimate of drug-likeness (QED) is 0.914. The number of aryl methyl sites for hydroxylation is 1. The van der Waals surface area contributed by atoms with Crippen molar-refractivity contribution < 1.29 is 13.2 Å². The first-order valence-electron chi connectivity index (χ1n) is 6.44. The minimum Gasteiger partial charge on any atom is -0.357 e. The fourth-order valence-corrected chi connectivity index (χ4v) is 2.24. The standard InChI is InChI=1S/C12H18F3N5/c1-9-7-17-11(16-2)18-10(9)20-5-3-19(4-6-20)8-12(13,14)15/h7H,3-6,8H2,1-2H3,(H,16,17,18). The summed E-state index contributed by atoms with van der Waals surface area (Å²) in [5, 5.41) is 2.87. The normalized spacial score (nSPS) is 17.4. The van der Waals surface area contributed by atoms with Crippen LogP contribution >= 0.6 is 0 Å². The number of alkyl halides is 3. The van der Waals surface area contributed by atoms with E-state index in [0.717, 1.165) is 11.4 Å². The number of nitrogens with one attached hydrogen (secondary N) is 1. The lowest BCUT2D eigenvalue weighted by molar-refractivity contribution is -0.146. The van der Waals surface area contributed by atoms with Gasteiger partial charge in [-0.15, -0.1) is 0 Å². The van der Waals surface area contributed by atoms with Crippen molar-refractivity contribution in [1.29, 1.82) is 0 Å². The number of piperazine rings is 1. The third-order valence-electron chi connectivity index (χ3n) is 3.24. The molecule has 1 N–H and O–H groups in total. The lowest BCUT2D eigenvalue weighted by Crippen LogP contribution is -2.49. The van der Waals surface area contributed by atoms with Gasteiger partial charge in [0, 0.05) is 45.0 Å². The molecule has 0 aromatic carbocycles. The average molecular weight is 289 g/mol. The smallest absolute Gasteiger partial charge is 0.357 e. The average Bonchev–Trinajstić information content (AvgIpc) is 2.39.